The molecule has 23 heavy (non-hydrogen) atoms. The maximum atomic E-state index is 12.6. The Balaban J connectivity index is 2.01. The second-order valence-electron chi connectivity index (χ2n) is 8.94. The molecule has 134 valence electrons. The quantitative estimate of drug-likeness (QED) is 0.837. The summed E-state index contributed by atoms with van der Waals surface area (Å²) in [5.74, 6) is 0. The van der Waals surface area contributed by atoms with E-state index < -0.39 is 11.2 Å². The van der Waals surface area contributed by atoms with Crippen molar-refractivity contribution in [3.05, 3.63) is 0 Å². The fraction of sp³-hybridized carbons (Fsp3) is 0.944. The Morgan fingerprint density at radius 3 is 2.35 bits per heavy atom. The lowest BCUT2D eigenvalue weighted by atomic mass is 9.69. The van der Waals surface area contributed by atoms with Gasteiger partial charge in [-0.3, -0.25) is 0 Å². The average Bonchev–Trinajstić information content (AvgIpc) is 2.33. The highest BCUT2D eigenvalue weighted by atomic mass is 16.6. The van der Waals surface area contributed by atoms with Gasteiger partial charge in [0.2, 0.25) is 0 Å². The predicted octanol–water partition coefficient (Wildman–Crippen LogP) is 3.06. The van der Waals surface area contributed by atoms with Crippen LogP contribution in [-0.4, -0.2) is 51.5 Å². The number of ether oxygens (including phenoxy) is 1. The number of hydrogen-bond donors (Lipinski definition) is 2. The van der Waals surface area contributed by atoms with Crippen LogP contribution in [0, 0.1) is 0 Å². The Labute approximate surface area is 140 Å². The molecule has 2 fully saturated rings. The first-order chi connectivity index (χ1) is 10.4. The van der Waals surface area contributed by atoms with Crippen molar-refractivity contribution in [2.45, 2.75) is 102 Å². The number of rotatable bonds is 3. The zero-order valence-corrected chi connectivity index (χ0v) is 15.6. The molecule has 1 heterocycles. The van der Waals surface area contributed by atoms with Crippen LogP contribution in [0.15, 0.2) is 0 Å². The van der Waals surface area contributed by atoms with E-state index in [2.05, 4.69) is 5.32 Å². The molecule has 1 aliphatic carbocycles. The van der Waals surface area contributed by atoms with E-state index in [1.54, 1.807) is 0 Å². The average molecular weight is 326 g/mol. The lowest BCUT2D eigenvalue weighted by molar-refractivity contribution is -0.0535. The molecule has 2 atom stereocenters. The Kier molecular flexibility index (Phi) is 5.03. The summed E-state index contributed by atoms with van der Waals surface area (Å²) in [5, 5.41) is 13.7. The topological polar surface area (TPSA) is 61.8 Å². The highest BCUT2D eigenvalue weighted by Crippen LogP contribution is 2.45. The molecular formula is C18H34N2O3. The van der Waals surface area contributed by atoms with E-state index in [1.807, 2.05) is 46.4 Å². The minimum atomic E-state index is -0.741. The SMILES string of the molecule is CC(NC1CCN(C(=O)OC(C)(C)C)C2(CCC2)C1)C(C)(C)O. The molecule has 2 unspecified atom stereocenters. The van der Waals surface area contributed by atoms with Crippen LogP contribution in [0.25, 0.3) is 0 Å². The van der Waals surface area contributed by atoms with Crippen molar-refractivity contribution in [1.29, 1.82) is 0 Å². The Bertz CT molecular complexity index is 433. The molecule has 0 aromatic heterocycles. The van der Waals surface area contributed by atoms with Crippen LogP contribution < -0.4 is 5.32 Å². The van der Waals surface area contributed by atoms with Crippen LogP contribution >= 0.6 is 0 Å². The van der Waals surface area contributed by atoms with Crippen molar-refractivity contribution in [2.24, 2.45) is 0 Å². The number of aliphatic hydroxyl groups is 1. The minimum absolute atomic E-state index is 0.0257. The van der Waals surface area contributed by atoms with Crippen molar-refractivity contribution in [3.8, 4) is 0 Å². The fourth-order valence-electron chi connectivity index (χ4n) is 3.55. The van der Waals surface area contributed by atoms with Gasteiger partial charge >= 0.3 is 6.09 Å². The molecule has 2 N–H and O–H groups in total. The Morgan fingerprint density at radius 1 is 1.30 bits per heavy atom. The van der Waals surface area contributed by atoms with E-state index in [9.17, 15) is 9.90 Å². The second-order valence-corrected chi connectivity index (χ2v) is 8.94. The zero-order chi connectivity index (χ0) is 17.5. The zero-order valence-electron chi connectivity index (χ0n) is 15.6. The van der Waals surface area contributed by atoms with Crippen LogP contribution in [-0.2, 0) is 4.74 Å². The molecule has 1 saturated heterocycles. The standard InChI is InChI=1S/C18H34N2O3/c1-13(17(5,6)22)19-14-8-11-20(15(21)23-16(2,3)4)18(12-14)9-7-10-18/h13-14,19,22H,7-12H2,1-6H3. The number of carbonyl (C=O) groups is 1. The van der Waals surface area contributed by atoms with Crippen LogP contribution in [0.2, 0.25) is 0 Å². The van der Waals surface area contributed by atoms with Gasteiger partial charge < -0.3 is 20.1 Å². The van der Waals surface area contributed by atoms with Crippen LogP contribution in [0.5, 0.6) is 0 Å². The molecule has 1 aliphatic heterocycles. The van der Waals surface area contributed by atoms with Gasteiger partial charge in [0.25, 0.3) is 0 Å². The molecule has 0 aromatic carbocycles. The van der Waals surface area contributed by atoms with Crippen molar-refractivity contribution in [3.63, 3.8) is 0 Å². The van der Waals surface area contributed by atoms with E-state index in [4.69, 9.17) is 4.74 Å². The largest absolute Gasteiger partial charge is 0.444 e. The normalized spacial score (nSPS) is 25.9. The third-order valence-electron chi connectivity index (χ3n) is 5.34. The number of nitrogens with one attached hydrogen (secondary N) is 1. The number of nitrogens with zero attached hydrogens (tertiary/aromatic N) is 1. The first-order valence-corrected chi connectivity index (χ1v) is 8.92. The summed E-state index contributed by atoms with van der Waals surface area (Å²) in [4.78, 5) is 14.5. The molecule has 1 spiro atoms. The smallest absolute Gasteiger partial charge is 0.410 e. The number of likely N-dealkylation sites (tertiary alicyclic amines) is 1. The second kappa shape index (κ2) is 6.25. The number of piperidine rings is 1. The van der Waals surface area contributed by atoms with Crippen molar-refractivity contribution in [2.75, 3.05) is 6.54 Å². The van der Waals surface area contributed by atoms with Gasteiger partial charge in [-0.2, -0.15) is 0 Å². The maximum absolute atomic E-state index is 12.6. The van der Waals surface area contributed by atoms with Gasteiger partial charge in [0.1, 0.15) is 5.60 Å². The van der Waals surface area contributed by atoms with Crippen LogP contribution in [0.1, 0.15) is 73.6 Å². The van der Waals surface area contributed by atoms with E-state index in [0.29, 0.717) is 6.04 Å². The lowest BCUT2D eigenvalue weighted by Crippen LogP contribution is -2.64. The maximum Gasteiger partial charge on any atom is 0.410 e. The molecule has 1 amide bonds. The highest BCUT2D eigenvalue weighted by molar-refractivity contribution is 5.69. The minimum Gasteiger partial charge on any atom is -0.444 e. The number of hydrogen-bond acceptors (Lipinski definition) is 4. The first-order valence-electron chi connectivity index (χ1n) is 8.92. The summed E-state index contributed by atoms with van der Waals surface area (Å²) < 4.78 is 5.61. The van der Waals surface area contributed by atoms with Gasteiger partial charge in [-0.15, -0.1) is 0 Å². The predicted molar refractivity (Wildman–Crippen MR) is 91.4 cm³/mol. The van der Waals surface area contributed by atoms with Crippen molar-refractivity contribution < 1.29 is 14.6 Å². The number of amides is 1. The highest BCUT2D eigenvalue weighted by Gasteiger charge is 2.50. The summed E-state index contributed by atoms with van der Waals surface area (Å²) in [7, 11) is 0. The molecule has 2 rings (SSSR count). The summed E-state index contributed by atoms with van der Waals surface area (Å²) >= 11 is 0. The fourth-order valence-corrected chi connectivity index (χ4v) is 3.55. The van der Waals surface area contributed by atoms with E-state index >= 15 is 0 Å². The van der Waals surface area contributed by atoms with Crippen LogP contribution in [0.4, 0.5) is 4.79 Å². The van der Waals surface area contributed by atoms with Gasteiger partial charge in [0.15, 0.2) is 0 Å². The molecule has 5 heteroatoms. The Hall–Kier alpha value is -0.810. The third kappa shape index (κ3) is 4.38. The molecule has 0 bridgehead atoms. The van der Waals surface area contributed by atoms with E-state index in [-0.39, 0.29) is 17.7 Å². The molecule has 1 saturated carbocycles. The van der Waals surface area contributed by atoms with Crippen LogP contribution in [0.3, 0.4) is 0 Å². The molecule has 0 radical (unpaired) electrons. The van der Waals surface area contributed by atoms with Gasteiger partial charge in [0, 0.05) is 24.2 Å². The van der Waals surface area contributed by atoms with Gasteiger partial charge in [-0.1, -0.05) is 0 Å². The van der Waals surface area contributed by atoms with Crippen molar-refractivity contribution in [1.82, 2.24) is 10.2 Å². The van der Waals surface area contributed by atoms with Gasteiger partial charge in [-0.05, 0) is 73.6 Å². The lowest BCUT2D eigenvalue weighted by Gasteiger charge is -2.55. The molecule has 0 aromatic rings. The Morgan fingerprint density at radius 2 is 1.91 bits per heavy atom. The summed E-state index contributed by atoms with van der Waals surface area (Å²) in [6, 6.07) is 0.369. The molecular weight excluding hydrogens is 292 g/mol. The van der Waals surface area contributed by atoms with Crippen molar-refractivity contribution >= 4 is 6.09 Å². The molecule has 2 aliphatic rings. The van der Waals surface area contributed by atoms with Gasteiger partial charge in [-0.25, -0.2) is 4.79 Å². The monoisotopic (exact) mass is 326 g/mol. The summed E-state index contributed by atoms with van der Waals surface area (Å²) in [5.41, 5.74) is -1.24. The summed E-state index contributed by atoms with van der Waals surface area (Å²) in [6.45, 7) is 12.2. The molecule has 5 nitrogen and oxygen atoms in total. The summed E-state index contributed by atoms with van der Waals surface area (Å²) in [6.07, 6.45) is 4.97. The van der Waals surface area contributed by atoms with Gasteiger partial charge in [0.05, 0.1) is 5.60 Å². The first kappa shape index (κ1) is 18.5. The van der Waals surface area contributed by atoms with E-state index in [0.717, 1.165) is 32.2 Å². The van der Waals surface area contributed by atoms with E-state index in [1.165, 1.54) is 6.42 Å². The third-order valence-corrected chi connectivity index (χ3v) is 5.34. The number of carbonyl (C=O) groups excluding carboxylic acids is 1.